The fourth-order valence-corrected chi connectivity index (χ4v) is 1.45. The van der Waals surface area contributed by atoms with Crippen molar-refractivity contribution >= 4 is 18.0 Å². The maximum absolute atomic E-state index is 11.4. The van der Waals surface area contributed by atoms with Crippen LogP contribution in [-0.2, 0) is 4.84 Å². The van der Waals surface area contributed by atoms with Crippen LogP contribution in [0.5, 0.6) is 0 Å². The first-order valence-electron chi connectivity index (χ1n) is 5.87. The van der Waals surface area contributed by atoms with Crippen LogP contribution >= 0.6 is 0 Å². The maximum Gasteiger partial charge on any atom is 0.437 e. The SMILES string of the molecule is Cc1ccc(NC(=O)O/N=C\c2ccccc2)cc1. The van der Waals surface area contributed by atoms with E-state index in [0.717, 1.165) is 11.1 Å². The van der Waals surface area contributed by atoms with Crippen LogP contribution in [0.4, 0.5) is 10.5 Å². The topological polar surface area (TPSA) is 50.7 Å². The molecule has 0 saturated carbocycles. The van der Waals surface area contributed by atoms with Crippen molar-refractivity contribution < 1.29 is 9.63 Å². The van der Waals surface area contributed by atoms with Crippen molar-refractivity contribution in [3.63, 3.8) is 0 Å². The van der Waals surface area contributed by atoms with E-state index >= 15 is 0 Å². The minimum Gasteiger partial charge on any atom is -0.298 e. The number of benzene rings is 2. The average molecular weight is 254 g/mol. The summed E-state index contributed by atoms with van der Waals surface area (Å²) in [5, 5.41) is 6.20. The van der Waals surface area contributed by atoms with Gasteiger partial charge in [-0.1, -0.05) is 53.2 Å². The van der Waals surface area contributed by atoms with Gasteiger partial charge in [0.25, 0.3) is 0 Å². The number of amides is 1. The van der Waals surface area contributed by atoms with E-state index in [0.29, 0.717) is 5.69 Å². The van der Waals surface area contributed by atoms with Crippen LogP contribution in [0.15, 0.2) is 59.8 Å². The zero-order chi connectivity index (χ0) is 13.5. The molecule has 0 aromatic heterocycles. The van der Waals surface area contributed by atoms with E-state index in [2.05, 4.69) is 10.5 Å². The van der Waals surface area contributed by atoms with Gasteiger partial charge < -0.3 is 0 Å². The predicted molar refractivity (Wildman–Crippen MR) is 75.3 cm³/mol. The van der Waals surface area contributed by atoms with Gasteiger partial charge in [-0.25, -0.2) is 4.79 Å². The fourth-order valence-electron chi connectivity index (χ4n) is 1.45. The number of rotatable bonds is 3. The summed E-state index contributed by atoms with van der Waals surface area (Å²) in [6, 6.07) is 16.8. The van der Waals surface area contributed by atoms with E-state index in [9.17, 15) is 4.79 Å². The van der Waals surface area contributed by atoms with Gasteiger partial charge in [-0.05, 0) is 24.6 Å². The molecule has 0 fully saturated rings. The van der Waals surface area contributed by atoms with Gasteiger partial charge in [-0.3, -0.25) is 10.2 Å². The lowest BCUT2D eigenvalue weighted by atomic mass is 10.2. The van der Waals surface area contributed by atoms with Crippen LogP contribution in [-0.4, -0.2) is 12.3 Å². The molecular weight excluding hydrogens is 240 g/mol. The standard InChI is InChI=1S/C15H14N2O2/c1-12-7-9-14(10-8-12)17-15(18)19-16-11-13-5-3-2-4-6-13/h2-11H,1H3,(H,17,18)/b16-11-. The molecule has 1 amide bonds. The molecule has 0 saturated heterocycles. The summed E-state index contributed by atoms with van der Waals surface area (Å²) in [5.41, 5.74) is 2.66. The molecule has 0 atom stereocenters. The molecule has 0 heterocycles. The molecule has 0 bridgehead atoms. The zero-order valence-electron chi connectivity index (χ0n) is 10.5. The first-order chi connectivity index (χ1) is 9.24. The summed E-state index contributed by atoms with van der Waals surface area (Å²) in [6.45, 7) is 1.98. The second-order valence-corrected chi connectivity index (χ2v) is 4.01. The monoisotopic (exact) mass is 254 g/mol. The van der Waals surface area contributed by atoms with Gasteiger partial charge in [0.05, 0.1) is 6.21 Å². The lowest BCUT2D eigenvalue weighted by molar-refractivity contribution is 0.167. The molecule has 2 rings (SSSR count). The Labute approximate surface area is 111 Å². The third-order valence-corrected chi connectivity index (χ3v) is 2.43. The molecule has 4 nitrogen and oxygen atoms in total. The van der Waals surface area contributed by atoms with Crippen molar-refractivity contribution in [1.82, 2.24) is 0 Å². The molecule has 2 aromatic rings. The summed E-state index contributed by atoms with van der Waals surface area (Å²) in [7, 11) is 0. The maximum atomic E-state index is 11.4. The second kappa shape index (κ2) is 6.35. The number of oxime groups is 1. The number of aryl methyl sites for hydroxylation is 1. The fraction of sp³-hybridized carbons (Fsp3) is 0.0667. The minimum absolute atomic E-state index is 0.615. The zero-order valence-corrected chi connectivity index (χ0v) is 10.5. The average Bonchev–Trinajstić information content (AvgIpc) is 2.43. The Balaban J connectivity index is 1.85. The quantitative estimate of drug-likeness (QED) is 0.517. The first kappa shape index (κ1) is 12.8. The molecule has 0 spiro atoms. The van der Waals surface area contributed by atoms with Crippen molar-refractivity contribution in [3.05, 3.63) is 65.7 Å². The predicted octanol–water partition coefficient (Wildman–Crippen LogP) is 3.58. The van der Waals surface area contributed by atoms with Gasteiger partial charge >= 0.3 is 6.09 Å². The van der Waals surface area contributed by atoms with Crippen molar-refractivity contribution in [2.45, 2.75) is 6.92 Å². The molecule has 1 N–H and O–H groups in total. The number of hydrogen-bond donors (Lipinski definition) is 1. The minimum atomic E-state index is -0.615. The van der Waals surface area contributed by atoms with Crippen molar-refractivity contribution in [3.8, 4) is 0 Å². The van der Waals surface area contributed by atoms with Crippen LogP contribution < -0.4 is 5.32 Å². The molecule has 0 aliphatic heterocycles. The van der Waals surface area contributed by atoms with Crippen LogP contribution in [0.3, 0.4) is 0 Å². The largest absolute Gasteiger partial charge is 0.437 e. The van der Waals surface area contributed by atoms with Gasteiger partial charge in [0, 0.05) is 5.69 Å². The Morgan fingerprint density at radius 1 is 1.11 bits per heavy atom. The first-order valence-corrected chi connectivity index (χ1v) is 5.87. The Bertz CT molecular complexity index is 562. The Hall–Kier alpha value is -2.62. The van der Waals surface area contributed by atoms with Crippen molar-refractivity contribution in [1.29, 1.82) is 0 Å². The van der Waals surface area contributed by atoms with E-state index in [1.165, 1.54) is 6.21 Å². The summed E-state index contributed by atoms with van der Waals surface area (Å²) < 4.78 is 0. The van der Waals surface area contributed by atoms with Gasteiger partial charge in [-0.15, -0.1) is 0 Å². The van der Waals surface area contributed by atoms with Crippen LogP contribution in [0, 0.1) is 6.92 Å². The van der Waals surface area contributed by atoms with E-state index in [-0.39, 0.29) is 0 Å². The highest BCUT2D eigenvalue weighted by Crippen LogP contribution is 2.08. The molecule has 0 aliphatic carbocycles. The highest BCUT2D eigenvalue weighted by Gasteiger charge is 2.01. The number of anilines is 1. The van der Waals surface area contributed by atoms with Crippen LogP contribution in [0.1, 0.15) is 11.1 Å². The normalized spacial score (nSPS) is 10.4. The summed E-state index contributed by atoms with van der Waals surface area (Å²) in [5.74, 6) is 0. The molecule has 4 heteroatoms. The lowest BCUT2D eigenvalue weighted by Crippen LogP contribution is -2.10. The third-order valence-electron chi connectivity index (χ3n) is 2.43. The molecular formula is C15H14N2O2. The van der Waals surface area contributed by atoms with Crippen molar-refractivity contribution in [2.75, 3.05) is 5.32 Å². The molecule has 0 aliphatic rings. The van der Waals surface area contributed by atoms with Gasteiger partial charge in [0.15, 0.2) is 0 Å². The summed E-state index contributed by atoms with van der Waals surface area (Å²) in [6.07, 6.45) is 0.866. The van der Waals surface area contributed by atoms with E-state index in [4.69, 9.17) is 4.84 Å². The third kappa shape index (κ3) is 4.27. The Morgan fingerprint density at radius 2 is 1.79 bits per heavy atom. The van der Waals surface area contributed by atoms with E-state index < -0.39 is 6.09 Å². The Kier molecular flexibility index (Phi) is 4.29. The number of hydrogen-bond acceptors (Lipinski definition) is 3. The second-order valence-electron chi connectivity index (χ2n) is 4.01. The molecule has 2 aromatic carbocycles. The molecule has 19 heavy (non-hydrogen) atoms. The number of carbonyl (C=O) groups is 1. The number of nitrogens with zero attached hydrogens (tertiary/aromatic N) is 1. The highest BCUT2D eigenvalue weighted by atomic mass is 16.7. The summed E-state index contributed by atoms with van der Waals surface area (Å²) >= 11 is 0. The van der Waals surface area contributed by atoms with Gasteiger partial charge in [0.1, 0.15) is 0 Å². The molecule has 96 valence electrons. The molecule has 0 radical (unpaired) electrons. The smallest absolute Gasteiger partial charge is 0.298 e. The number of carbonyl (C=O) groups excluding carboxylic acids is 1. The lowest BCUT2D eigenvalue weighted by Gasteiger charge is -2.02. The van der Waals surface area contributed by atoms with Gasteiger partial charge in [-0.2, -0.15) is 0 Å². The highest BCUT2D eigenvalue weighted by molar-refractivity contribution is 5.85. The molecule has 0 unspecified atom stereocenters. The summed E-state index contributed by atoms with van der Waals surface area (Å²) in [4.78, 5) is 16.1. The Morgan fingerprint density at radius 3 is 2.47 bits per heavy atom. The number of nitrogens with one attached hydrogen (secondary N) is 1. The van der Waals surface area contributed by atoms with Crippen LogP contribution in [0.25, 0.3) is 0 Å². The van der Waals surface area contributed by atoms with Crippen molar-refractivity contribution in [2.24, 2.45) is 5.16 Å². The van der Waals surface area contributed by atoms with Crippen LogP contribution in [0.2, 0.25) is 0 Å². The van der Waals surface area contributed by atoms with E-state index in [1.54, 1.807) is 12.1 Å². The van der Waals surface area contributed by atoms with Gasteiger partial charge in [0.2, 0.25) is 0 Å². The van der Waals surface area contributed by atoms with E-state index in [1.807, 2.05) is 49.4 Å².